The van der Waals surface area contributed by atoms with Crippen molar-refractivity contribution in [2.75, 3.05) is 0 Å². The molecule has 174 valence electrons. The monoisotopic (exact) mass is 459 g/mol. The van der Waals surface area contributed by atoms with Gasteiger partial charge < -0.3 is 14.4 Å². The third-order valence-corrected chi connectivity index (χ3v) is 5.56. The van der Waals surface area contributed by atoms with Crippen molar-refractivity contribution in [1.29, 1.82) is 5.26 Å². The fraction of sp³-hybridized carbons (Fsp3) is 0.320. The second-order valence-electron chi connectivity index (χ2n) is 8.99. The van der Waals surface area contributed by atoms with E-state index in [9.17, 15) is 15.2 Å². The Morgan fingerprint density at radius 2 is 2.00 bits per heavy atom. The molecule has 0 fully saturated rings. The van der Waals surface area contributed by atoms with Crippen LogP contribution in [-0.4, -0.2) is 37.1 Å². The highest BCUT2D eigenvalue weighted by atomic mass is 16.5. The molecule has 0 saturated heterocycles. The van der Waals surface area contributed by atoms with Crippen molar-refractivity contribution in [3.8, 4) is 34.7 Å². The Labute approximate surface area is 196 Å². The van der Waals surface area contributed by atoms with Crippen molar-refractivity contribution in [3.63, 3.8) is 0 Å². The Balaban J connectivity index is 1.57. The van der Waals surface area contributed by atoms with E-state index in [1.807, 2.05) is 32.0 Å². The third kappa shape index (κ3) is 4.62. The Morgan fingerprint density at radius 1 is 1.24 bits per heavy atom. The molecule has 9 nitrogen and oxygen atoms in total. The number of nitriles is 1. The molecule has 0 aliphatic carbocycles. The first-order chi connectivity index (χ1) is 16.2. The molecule has 0 radical (unpaired) electrons. The quantitative estimate of drug-likeness (QED) is 0.394. The van der Waals surface area contributed by atoms with Gasteiger partial charge >= 0.3 is 5.97 Å². The minimum atomic E-state index is -0.830. The van der Waals surface area contributed by atoms with Gasteiger partial charge in [0.1, 0.15) is 11.8 Å². The molecule has 1 N–H and O–H groups in total. The van der Waals surface area contributed by atoms with Gasteiger partial charge in [-0.15, -0.1) is 0 Å². The van der Waals surface area contributed by atoms with Crippen molar-refractivity contribution in [3.05, 3.63) is 48.2 Å². The van der Waals surface area contributed by atoms with Gasteiger partial charge in [0, 0.05) is 23.1 Å². The summed E-state index contributed by atoms with van der Waals surface area (Å²) >= 11 is 0. The molecule has 2 aromatic carbocycles. The molecule has 2 heterocycles. The largest absolute Gasteiger partial charge is 0.490 e. The lowest BCUT2D eigenvalue weighted by molar-refractivity contribution is -0.147. The molecule has 0 aliphatic rings. The Morgan fingerprint density at radius 3 is 2.71 bits per heavy atom. The zero-order chi connectivity index (χ0) is 24.5. The second-order valence-corrected chi connectivity index (χ2v) is 8.99. The highest BCUT2D eigenvalue weighted by molar-refractivity contribution is 5.83. The zero-order valence-corrected chi connectivity index (χ0v) is 19.4. The summed E-state index contributed by atoms with van der Waals surface area (Å²) in [6.07, 6.45) is 2.15. The van der Waals surface area contributed by atoms with Gasteiger partial charge in [-0.2, -0.15) is 15.3 Å². The van der Waals surface area contributed by atoms with Crippen LogP contribution in [0.4, 0.5) is 0 Å². The van der Waals surface area contributed by atoms with Crippen molar-refractivity contribution in [1.82, 2.24) is 19.9 Å². The van der Waals surface area contributed by atoms with E-state index in [0.29, 0.717) is 41.6 Å². The molecule has 0 amide bonds. The summed E-state index contributed by atoms with van der Waals surface area (Å²) in [6.45, 7) is 7.70. The van der Waals surface area contributed by atoms with Crippen LogP contribution in [-0.2, 0) is 11.3 Å². The van der Waals surface area contributed by atoms with E-state index in [1.54, 1.807) is 42.9 Å². The van der Waals surface area contributed by atoms with Crippen LogP contribution in [0.5, 0.6) is 5.75 Å². The van der Waals surface area contributed by atoms with E-state index in [1.165, 1.54) is 0 Å². The molecule has 34 heavy (non-hydrogen) atoms. The summed E-state index contributed by atoms with van der Waals surface area (Å²) < 4.78 is 12.9. The van der Waals surface area contributed by atoms with Gasteiger partial charge in [0.25, 0.3) is 5.89 Å². The lowest BCUT2D eigenvalue weighted by Gasteiger charge is -2.18. The van der Waals surface area contributed by atoms with Gasteiger partial charge in [-0.1, -0.05) is 5.16 Å². The maximum atomic E-state index is 11.4. The number of aromatic nitrogens is 4. The minimum Gasteiger partial charge on any atom is -0.490 e. The lowest BCUT2D eigenvalue weighted by atomic mass is 9.90. The number of aliphatic carboxylic acids is 1. The standard InChI is InChI=1S/C25H25N5O4/c1-15(2)33-21-8-6-17(12-18(21)13-26)23-28-22(29-34-23)16-5-7-20-19(11-16)14-27-30(20)10-9-25(3,4)24(31)32/h5-8,11-12,14-15H,9-10H2,1-4H3,(H,31,32). The number of rotatable bonds is 8. The fourth-order valence-electron chi connectivity index (χ4n) is 3.46. The van der Waals surface area contributed by atoms with Gasteiger partial charge in [-0.05, 0) is 70.5 Å². The van der Waals surface area contributed by atoms with E-state index in [2.05, 4.69) is 21.3 Å². The fourth-order valence-corrected chi connectivity index (χ4v) is 3.46. The van der Waals surface area contributed by atoms with Crippen LogP contribution in [0.25, 0.3) is 33.7 Å². The molecule has 0 atom stereocenters. The topological polar surface area (TPSA) is 127 Å². The van der Waals surface area contributed by atoms with Crippen LogP contribution in [0.15, 0.2) is 47.1 Å². The summed E-state index contributed by atoms with van der Waals surface area (Å²) in [5, 5.41) is 28.2. The maximum Gasteiger partial charge on any atom is 0.309 e. The first-order valence-electron chi connectivity index (χ1n) is 10.9. The molecule has 0 saturated carbocycles. The average Bonchev–Trinajstić information content (AvgIpc) is 3.44. The summed E-state index contributed by atoms with van der Waals surface area (Å²) in [5.41, 5.74) is 1.84. The predicted molar refractivity (Wildman–Crippen MR) is 125 cm³/mol. The summed E-state index contributed by atoms with van der Waals surface area (Å²) in [4.78, 5) is 15.9. The lowest BCUT2D eigenvalue weighted by Crippen LogP contribution is -2.25. The molecule has 0 unspecified atom stereocenters. The first-order valence-corrected chi connectivity index (χ1v) is 10.9. The number of hydrogen-bond acceptors (Lipinski definition) is 7. The molecule has 4 aromatic rings. The Kier molecular flexibility index (Phi) is 6.07. The number of carboxylic acid groups (broad SMARTS) is 1. The Bertz CT molecular complexity index is 1390. The highest BCUT2D eigenvalue weighted by Crippen LogP contribution is 2.29. The smallest absolute Gasteiger partial charge is 0.309 e. The van der Waals surface area contributed by atoms with E-state index >= 15 is 0 Å². The molecular formula is C25H25N5O4. The number of hydrogen-bond donors (Lipinski definition) is 1. The SMILES string of the molecule is CC(C)Oc1ccc(-c2nc(-c3ccc4c(cnn4CCC(C)(C)C(=O)O)c3)no2)cc1C#N. The highest BCUT2D eigenvalue weighted by Gasteiger charge is 2.27. The molecule has 2 aromatic heterocycles. The van der Waals surface area contributed by atoms with Gasteiger partial charge in [-0.3, -0.25) is 9.48 Å². The number of ether oxygens (including phenoxy) is 1. The van der Waals surface area contributed by atoms with Crippen LogP contribution < -0.4 is 4.74 Å². The van der Waals surface area contributed by atoms with Crippen LogP contribution in [0.2, 0.25) is 0 Å². The molecule has 0 spiro atoms. The molecule has 4 rings (SSSR count). The van der Waals surface area contributed by atoms with Gasteiger partial charge in [0.2, 0.25) is 5.82 Å². The van der Waals surface area contributed by atoms with Crippen molar-refractivity contribution >= 4 is 16.9 Å². The van der Waals surface area contributed by atoms with E-state index in [-0.39, 0.29) is 6.10 Å². The van der Waals surface area contributed by atoms with E-state index in [0.717, 1.165) is 16.5 Å². The van der Waals surface area contributed by atoms with Crippen LogP contribution in [0.1, 0.15) is 39.7 Å². The third-order valence-electron chi connectivity index (χ3n) is 5.56. The Hall–Kier alpha value is -4.19. The normalized spacial score (nSPS) is 11.6. The van der Waals surface area contributed by atoms with E-state index in [4.69, 9.17) is 9.26 Å². The number of fused-ring (bicyclic) bond motifs is 1. The number of nitrogens with zero attached hydrogens (tertiary/aromatic N) is 5. The van der Waals surface area contributed by atoms with Gasteiger partial charge in [0.05, 0.1) is 28.8 Å². The van der Waals surface area contributed by atoms with Crippen LogP contribution >= 0.6 is 0 Å². The second kappa shape index (κ2) is 8.98. The molecule has 0 aliphatic heterocycles. The predicted octanol–water partition coefficient (Wildman–Crippen LogP) is 4.91. The maximum absolute atomic E-state index is 11.4. The molecule has 9 heteroatoms. The van der Waals surface area contributed by atoms with E-state index < -0.39 is 11.4 Å². The minimum absolute atomic E-state index is 0.0455. The first kappa shape index (κ1) is 23.0. The van der Waals surface area contributed by atoms with Gasteiger partial charge in [-0.25, -0.2) is 0 Å². The molecule has 0 bridgehead atoms. The molecular weight excluding hydrogens is 434 g/mol. The van der Waals surface area contributed by atoms with Crippen molar-refractivity contribution < 1.29 is 19.2 Å². The average molecular weight is 460 g/mol. The number of carbonyl (C=O) groups is 1. The zero-order valence-electron chi connectivity index (χ0n) is 19.4. The summed E-state index contributed by atoms with van der Waals surface area (Å²) in [5.74, 6) is 0.394. The summed E-state index contributed by atoms with van der Waals surface area (Å²) in [6, 6.07) is 13.0. The van der Waals surface area contributed by atoms with Gasteiger partial charge in [0.15, 0.2) is 0 Å². The van der Waals surface area contributed by atoms with Crippen molar-refractivity contribution in [2.45, 2.75) is 46.8 Å². The van der Waals surface area contributed by atoms with Crippen LogP contribution in [0.3, 0.4) is 0 Å². The number of benzene rings is 2. The van der Waals surface area contributed by atoms with Crippen molar-refractivity contribution in [2.24, 2.45) is 5.41 Å². The van der Waals surface area contributed by atoms with Crippen LogP contribution in [0, 0.1) is 16.7 Å². The number of aryl methyl sites for hydroxylation is 1. The number of carboxylic acids is 1. The summed E-state index contributed by atoms with van der Waals surface area (Å²) in [7, 11) is 0.